The molecule has 1 aromatic carbocycles. The molecular formula is C24H30ClN3O4. The second-order valence-electron chi connectivity index (χ2n) is 8.35. The third-order valence-electron chi connectivity index (χ3n) is 6.13. The van der Waals surface area contributed by atoms with E-state index in [1.165, 1.54) is 9.80 Å². The third kappa shape index (κ3) is 5.38. The number of benzene rings is 1. The minimum atomic E-state index is -0.693. The summed E-state index contributed by atoms with van der Waals surface area (Å²) in [6, 6.07) is 6.40. The highest BCUT2D eigenvalue weighted by atomic mass is 35.5. The number of hydrogen-bond donors (Lipinski definition) is 1. The second-order valence-corrected chi connectivity index (χ2v) is 8.79. The molecule has 1 N–H and O–H groups in total. The van der Waals surface area contributed by atoms with E-state index in [2.05, 4.69) is 5.32 Å². The molecule has 172 valence electrons. The van der Waals surface area contributed by atoms with Crippen LogP contribution in [0.5, 0.6) is 0 Å². The van der Waals surface area contributed by atoms with Gasteiger partial charge in [-0.05, 0) is 43.9 Å². The normalized spacial score (nSPS) is 20.8. The number of carbonyl (C=O) groups is 4. The molecule has 0 spiro atoms. The Morgan fingerprint density at radius 3 is 2.28 bits per heavy atom. The van der Waals surface area contributed by atoms with Crippen LogP contribution >= 0.6 is 11.6 Å². The van der Waals surface area contributed by atoms with Crippen molar-refractivity contribution in [3.63, 3.8) is 0 Å². The number of hydrogen-bond acceptors (Lipinski definition) is 4. The molecule has 0 bridgehead atoms. The molecule has 7 nitrogen and oxygen atoms in total. The molecule has 3 rings (SSSR count). The minimum Gasteiger partial charge on any atom is -0.354 e. The summed E-state index contributed by atoms with van der Waals surface area (Å²) < 4.78 is 0. The van der Waals surface area contributed by atoms with Crippen LogP contribution in [0, 0.1) is 11.8 Å². The molecule has 0 aromatic heterocycles. The van der Waals surface area contributed by atoms with Crippen LogP contribution in [0.3, 0.4) is 0 Å². The van der Waals surface area contributed by atoms with E-state index in [1.807, 2.05) is 31.2 Å². The number of nitrogens with one attached hydrogen (secondary N) is 1. The van der Waals surface area contributed by atoms with Gasteiger partial charge >= 0.3 is 0 Å². The summed E-state index contributed by atoms with van der Waals surface area (Å²) >= 11 is 5.96. The van der Waals surface area contributed by atoms with Crippen molar-refractivity contribution in [3.05, 3.63) is 47.0 Å². The number of imide groups is 1. The maximum atomic E-state index is 13.2. The largest absolute Gasteiger partial charge is 0.354 e. The first-order valence-electron chi connectivity index (χ1n) is 11.1. The predicted molar refractivity (Wildman–Crippen MR) is 121 cm³/mol. The second kappa shape index (κ2) is 10.8. The van der Waals surface area contributed by atoms with E-state index in [1.54, 1.807) is 19.1 Å². The average Bonchev–Trinajstić information content (AvgIpc) is 3.04. The van der Waals surface area contributed by atoms with Crippen molar-refractivity contribution >= 4 is 35.2 Å². The first-order valence-corrected chi connectivity index (χ1v) is 11.5. The smallest absolute Gasteiger partial charge is 0.242 e. The van der Waals surface area contributed by atoms with Crippen LogP contribution in [0.4, 0.5) is 0 Å². The van der Waals surface area contributed by atoms with Crippen LogP contribution in [0.2, 0.25) is 5.02 Å². The van der Waals surface area contributed by atoms with Crippen molar-refractivity contribution in [3.8, 4) is 0 Å². The van der Waals surface area contributed by atoms with E-state index in [-0.39, 0.29) is 55.0 Å². The zero-order valence-electron chi connectivity index (χ0n) is 18.6. The summed E-state index contributed by atoms with van der Waals surface area (Å²) in [4.78, 5) is 53.8. The molecule has 8 heteroatoms. The van der Waals surface area contributed by atoms with Gasteiger partial charge in [-0.3, -0.25) is 24.1 Å². The Morgan fingerprint density at radius 1 is 1.12 bits per heavy atom. The number of carbonyl (C=O) groups excluding carboxylic acids is 4. The molecule has 1 heterocycles. The molecule has 1 saturated heterocycles. The van der Waals surface area contributed by atoms with Gasteiger partial charge in [0.05, 0.1) is 11.8 Å². The molecule has 32 heavy (non-hydrogen) atoms. The number of fused-ring (bicyclic) bond motifs is 1. The van der Waals surface area contributed by atoms with Crippen molar-refractivity contribution in [2.75, 3.05) is 13.1 Å². The summed E-state index contributed by atoms with van der Waals surface area (Å²) in [5.41, 5.74) is 0.836. The Bertz CT molecular complexity index is 873. The van der Waals surface area contributed by atoms with Crippen LogP contribution in [-0.2, 0) is 25.7 Å². The number of halogens is 1. The first-order chi connectivity index (χ1) is 15.3. The molecule has 1 fully saturated rings. The maximum Gasteiger partial charge on any atom is 0.242 e. The Balaban J connectivity index is 1.70. The summed E-state index contributed by atoms with van der Waals surface area (Å²) in [5, 5.41) is 3.41. The lowest BCUT2D eigenvalue weighted by molar-refractivity contribution is -0.143. The lowest BCUT2D eigenvalue weighted by Gasteiger charge is -2.29. The molecule has 4 amide bonds. The van der Waals surface area contributed by atoms with Gasteiger partial charge in [0, 0.05) is 31.1 Å². The molecule has 0 unspecified atom stereocenters. The van der Waals surface area contributed by atoms with E-state index >= 15 is 0 Å². The monoisotopic (exact) mass is 459 g/mol. The van der Waals surface area contributed by atoms with Crippen molar-refractivity contribution in [1.29, 1.82) is 0 Å². The zero-order valence-corrected chi connectivity index (χ0v) is 19.3. The van der Waals surface area contributed by atoms with Gasteiger partial charge in [-0.1, -0.05) is 42.8 Å². The van der Waals surface area contributed by atoms with Crippen LogP contribution in [-0.4, -0.2) is 52.6 Å². The van der Waals surface area contributed by atoms with Gasteiger partial charge < -0.3 is 10.2 Å². The summed E-state index contributed by atoms with van der Waals surface area (Å²) in [7, 11) is 0. The minimum absolute atomic E-state index is 0.0245. The van der Waals surface area contributed by atoms with Gasteiger partial charge in [-0.2, -0.15) is 0 Å². The van der Waals surface area contributed by atoms with Crippen LogP contribution < -0.4 is 5.32 Å². The zero-order chi connectivity index (χ0) is 23.3. The topological polar surface area (TPSA) is 86.8 Å². The Morgan fingerprint density at radius 2 is 1.72 bits per heavy atom. The summed E-state index contributed by atoms with van der Waals surface area (Å²) in [5.74, 6) is -1.55. The quantitative estimate of drug-likeness (QED) is 0.454. The number of nitrogens with zero attached hydrogens (tertiary/aromatic N) is 2. The number of rotatable bonds is 9. The average molecular weight is 460 g/mol. The van der Waals surface area contributed by atoms with Crippen molar-refractivity contribution in [2.24, 2.45) is 11.8 Å². The Hall–Kier alpha value is -2.67. The van der Waals surface area contributed by atoms with Gasteiger partial charge in [0.15, 0.2) is 0 Å². The fraction of sp³-hybridized carbons (Fsp3) is 0.500. The van der Waals surface area contributed by atoms with E-state index in [0.29, 0.717) is 24.4 Å². The van der Waals surface area contributed by atoms with Gasteiger partial charge in [0.25, 0.3) is 0 Å². The van der Waals surface area contributed by atoms with Crippen molar-refractivity contribution in [1.82, 2.24) is 15.1 Å². The molecule has 1 aliphatic heterocycles. The molecule has 0 saturated carbocycles. The number of amides is 4. The molecule has 0 radical (unpaired) electrons. The molecule has 2 aliphatic rings. The van der Waals surface area contributed by atoms with E-state index in [9.17, 15) is 19.2 Å². The van der Waals surface area contributed by atoms with Crippen molar-refractivity contribution < 1.29 is 19.2 Å². The van der Waals surface area contributed by atoms with E-state index in [0.717, 1.165) is 12.0 Å². The van der Waals surface area contributed by atoms with E-state index < -0.39 is 6.04 Å². The molecular weight excluding hydrogens is 430 g/mol. The maximum absolute atomic E-state index is 13.2. The highest BCUT2D eigenvalue weighted by Crippen LogP contribution is 2.35. The number of allylic oxidation sites excluding steroid dienone is 2. The highest BCUT2D eigenvalue weighted by molar-refractivity contribution is 6.30. The SMILES string of the molecule is CCCNC(=O)[C@H](C)N(Cc1ccc(Cl)cc1)C(=O)CCN1C(=O)[C@H]2CC=CC[C@H]2C1=O. The van der Waals surface area contributed by atoms with Gasteiger partial charge in [-0.15, -0.1) is 0 Å². The lowest BCUT2D eigenvalue weighted by atomic mass is 9.85. The van der Waals surface area contributed by atoms with Crippen LogP contribution in [0.25, 0.3) is 0 Å². The standard InChI is InChI=1S/C24H30ClN3O4/c1-3-13-26-22(30)16(2)28(15-17-8-10-18(25)11-9-17)21(29)12-14-27-23(31)19-6-4-5-7-20(19)24(27)32/h4-5,8-11,16,19-20H,3,6-7,12-15H2,1-2H3,(H,26,30)/t16-,19-,20+/m0/s1. The Labute approximate surface area is 193 Å². The highest BCUT2D eigenvalue weighted by Gasteiger charge is 2.47. The molecule has 3 atom stereocenters. The molecule has 1 aliphatic carbocycles. The van der Waals surface area contributed by atoms with E-state index in [4.69, 9.17) is 11.6 Å². The third-order valence-corrected chi connectivity index (χ3v) is 6.38. The Kier molecular flexibility index (Phi) is 8.07. The summed E-state index contributed by atoms with van der Waals surface area (Å²) in [6.07, 6.45) is 5.77. The fourth-order valence-corrected chi connectivity index (χ4v) is 4.33. The van der Waals surface area contributed by atoms with Crippen LogP contribution in [0.15, 0.2) is 36.4 Å². The predicted octanol–water partition coefficient (Wildman–Crippen LogP) is 2.92. The number of likely N-dealkylation sites (tertiary alicyclic amines) is 1. The van der Waals surface area contributed by atoms with Gasteiger partial charge in [-0.25, -0.2) is 0 Å². The van der Waals surface area contributed by atoms with Gasteiger partial charge in [0.1, 0.15) is 6.04 Å². The fourth-order valence-electron chi connectivity index (χ4n) is 4.21. The summed E-state index contributed by atoms with van der Waals surface area (Å²) in [6.45, 7) is 4.43. The van der Waals surface area contributed by atoms with Crippen molar-refractivity contribution in [2.45, 2.75) is 52.1 Å². The van der Waals surface area contributed by atoms with Gasteiger partial charge in [0.2, 0.25) is 23.6 Å². The molecule has 1 aromatic rings. The first kappa shape index (κ1) is 24.0. The lowest BCUT2D eigenvalue weighted by Crippen LogP contribution is -2.48. The van der Waals surface area contributed by atoms with Crippen LogP contribution in [0.1, 0.15) is 45.1 Å².